The van der Waals surface area contributed by atoms with Crippen LogP contribution >= 0.6 is 0 Å². The minimum Gasteiger partial charge on any atom is -0.453 e. The van der Waals surface area contributed by atoms with Crippen LogP contribution in [0.1, 0.15) is 57.7 Å². The lowest BCUT2D eigenvalue weighted by molar-refractivity contribution is -0.122. The third-order valence-electron chi connectivity index (χ3n) is 4.06. The van der Waals surface area contributed by atoms with E-state index < -0.39 is 18.0 Å². The summed E-state index contributed by atoms with van der Waals surface area (Å²) in [5.74, 6) is -0.0908. The molecule has 2 N–H and O–H groups in total. The van der Waals surface area contributed by atoms with Crippen molar-refractivity contribution < 1.29 is 14.3 Å². The third-order valence-corrected chi connectivity index (χ3v) is 4.06. The van der Waals surface area contributed by atoms with E-state index in [0.717, 1.165) is 12.0 Å². The second-order valence-corrected chi connectivity index (χ2v) is 6.44. The molecule has 24 heavy (non-hydrogen) atoms. The molecule has 5 heteroatoms. The Hall–Kier alpha value is -1.88. The number of benzene rings is 1. The zero-order valence-electron chi connectivity index (χ0n) is 15.4. The number of nitrogens with one attached hydrogen (secondary N) is 2. The van der Waals surface area contributed by atoms with Crippen LogP contribution in [0.15, 0.2) is 24.3 Å². The van der Waals surface area contributed by atoms with Gasteiger partial charge in [-0.3, -0.25) is 15.4 Å². The van der Waals surface area contributed by atoms with Gasteiger partial charge in [0.1, 0.15) is 0 Å². The molecule has 0 saturated carbocycles. The van der Waals surface area contributed by atoms with Crippen molar-refractivity contribution in [1.82, 2.24) is 10.6 Å². The van der Waals surface area contributed by atoms with Gasteiger partial charge in [-0.05, 0) is 36.8 Å². The van der Waals surface area contributed by atoms with Crippen LogP contribution in [0.3, 0.4) is 0 Å². The molecular weight excluding hydrogens is 304 g/mol. The molecule has 0 fully saturated rings. The molecular formula is C19H30N2O3. The van der Waals surface area contributed by atoms with Gasteiger partial charge in [-0.1, -0.05) is 51.5 Å². The maximum absolute atomic E-state index is 12.0. The summed E-state index contributed by atoms with van der Waals surface area (Å²) in [5, 5.41) is 5.50. The quantitative estimate of drug-likeness (QED) is 0.762. The minimum atomic E-state index is -0.741. The van der Waals surface area contributed by atoms with Gasteiger partial charge in [0.05, 0.1) is 13.2 Å². The molecule has 1 rings (SSSR count). The summed E-state index contributed by atoms with van der Waals surface area (Å²) < 4.78 is 4.45. The van der Waals surface area contributed by atoms with Gasteiger partial charge < -0.3 is 4.74 Å². The highest BCUT2D eigenvalue weighted by atomic mass is 16.5. The smallest absolute Gasteiger partial charge is 0.413 e. The van der Waals surface area contributed by atoms with Crippen LogP contribution in [-0.2, 0) is 16.0 Å². The maximum atomic E-state index is 12.0. The zero-order chi connectivity index (χ0) is 18.1. The summed E-state index contributed by atoms with van der Waals surface area (Å²) in [6, 6.07) is 8.07. The molecule has 0 aliphatic heterocycles. The first kappa shape index (κ1) is 20.2. The van der Waals surface area contributed by atoms with E-state index in [4.69, 9.17) is 0 Å². The van der Waals surface area contributed by atoms with Gasteiger partial charge in [0.2, 0.25) is 5.91 Å². The summed E-state index contributed by atoms with van der Waals surface area (Å²) in [6.45, 7) is 8.14. The van der Waals surface area contributed by atoms with E-state index in [1.54, 1.807) is 6.92 Å². The number of ether oxygens (including phenoxy) is 1. The standard InChI is InChI=1S/C19H30N2O3/c1-6-7-8-15-9-11-16(12-10-15)17(13(2)3)20-14(4)18(22)21-19(23)24-5/h9-14,17,20H,6-8H2,1-5H3,(H,21,22,23)/t14-,17-/m0/s1. The Balaban J connectivity index is 2.76. The van der Waals surface area contributed by atoms with Crippen molar-refractivity contribution in [2.75, 3.05) is 7.11 Å². The normalized spacial score (nSPS) is 13.4. The van der Waals surface area contributed by atoms with Crippen LogP contribution in [0.2, 0.25) is 0 Å². The molecule has 0 saturated heterocycles. The fraction of sp³-hybridized carbons (Fsp3) is 0.579. The topological polar surface area (TPSA) is 67.4 Å². The van der Waals surface area contributed by atoms with Crippen molar-refractivity contribution in [2.24, 2.45) is 5.92 Å². The van der Waals surface area contributed by atoms with Crippen LogP contribution in [0.5, 0.6) is 0 Å². The number of carbonyl (C=O) groups is 2. The first-order valence-electron chi connectivity index (χ1n) is 8.62. The summed E-state index contributed by atoms with van der Waals surface area (Å²) in [4.78, 5) is 23.2. The molecule has 2 amide bonds. The maximum Gasteiger partial charge on any atom is 0.413 e. The molecule has 0 bridgehead atoms. The second kappa shape index (κ2) is 10.1. The summed E-state index contributed by atoms with van der Waals surface area (Å²) in [7, 11) is 1.23. The number of alkyl carbamates (subject to hydrolysis) is 1. The molecule has 0 aliphatic rings. The van der Waals surface area contributed by atoms with Crippen molar-refractivity contribution >= 4 is 12.0 Å². The number of aryl methyl sites for hydroxylation is 1. The Kier molecular flexibility index (Phi) is 8.47. The minimum absolute atomic E-state index is 0.0311. The third kappa shape index (κ3) is 6.32. The highest BCUT2D eigenvalue weighted by Crippen LogP contribution is 2.23. The van der Waals surface area contributed by atoms with E-state index in [9.17, 15) is 9.59 Å². The predicted molar refractivity (Wildman–Crippen MR) is 95.8 cm³/mol. The van der Waals surface area contributed by atoms with Crippen LogP contribution in [0.25, 0.3) is 0 Å². The molecule has 0 spiro atoms. The second-order valence-electron chi connectivity index (χ2n) is 6.44. The Morgan fingerprint density at radius 1 is 1.12 bits per heavy atom. The van der Waals surface area contributed by atoms with Gasteiger partial charge in [-0.25, -0.2) is 4.79 Å². The van der Waals surface area contributed by atoms with Crippen molar-refractivity contribution in [1.29, 1.82) is 0 Å². The molecule has 1 aromatic rings. The summed E-state index contributed by atoms with van der Waals surface area (Å²) >= 11 is 0. The molecule has 134 valence electrons. The Bertz CT molecular complexity index is 526. The van der Waals surface area contributed by atoms with Gasteiger partial charge in [-0.15, -0.1) is 0 Å². The largest absolute Gasteiger partial charge is 0.453 e. The van der Waals surface area contributed by atoms with E-state index in [1.165, 1.54) is 25.5 Å². The van der Waals surface area contributed by atoms with E-state index in [2.05, 4.69) is 60.4 Å². The molecule has 0 aliphatic carbocycles. The molecule has 0 unspecified atom stereocenters. The number of hydrogen-bond donors (Lipinski definition) is 2. The Labute approximate surface area is 145 Å². The van der Waals surface area contributed by atoms with Gasteiger partial charge in [0.25, 0.3) is 0 Å². The summed E-state index contributed by atoms with van der Waals surface area (Å²) in [6.07, 6.45) is 2.73. The van der Waals surface area contributed by atoms with Gasteiger partial charge in [-0.2, -0.15) is 0 Å². The van der Waals surface area contributed by atoms with E-state index in [1.807, 2.05) is 0 Å². The van der Waals surface area contributed by atoms with Gasteiger partial charge in [0.15, 0.2) is 0 Å². The number of amides is 2. The fourth-order valence-electron chi connectivity index (χ4n) is 2.55. The number of carbonyl (C=O) groups excluding carboxylic acids is 2. The lowest BCUT2D eigenvalue weighted by Crippen LogP contribution is -2.46. The SMILES string of the molecule is CCCCc1ccc([C@@H](N[C@@H](C)C(=O)NC(=O)OC)C(C)C)cc1. The fourth-order valence-corrected chi connectivity index (χ4v) is 2.55. The van der Waals surface area contributed by atoms with Crippen LogP contribution in [0, 0.1) is 5.92 Å². The molecule has 0 heterocycles. The van der Waals surface area contributed by atoms with E-state index in [-0.39, 0.29) is 6.04 Å². The predicted octanol–water partition coefficient (Wildman–Crippen LogP) is 3.59. The number of rotatable bonds is 8. The molecule has 2 atom stereocenters. The monoisotopic (exact) mass is 334 g/mol. The molecule has 5 nitrogen and oxygen atoms in total. The van der Waals surface area contributed by atoms with E-state index in [0.29, 0.717) is 5.92 Å². The van der Waals surface area contributed by atoms with Crippen molar-refractivity contribution in [3.63, 3.8) is 0 Å². The zero-order valence-corrected chi connectivity index (χ0v) is 15.4. The Morgan fingerprint density at radius 2 is 1.75 bits per heavy atom. The number of imide groups is 1. The van der Waals surface area contributed by atoms with Gasteiger partial charge in [0, 0.05) is 6.04 Å². The highest BCUT2D eigenvalue weighted by Gasteiger charge is 2.23. The van der Waals surface area contributed by atoms with Crippen LogP contribution in [-0.4, -0.2) is 25.2 Å². The van der Waals surface area contributed by atoms with Crippen molar-refractivity contribution in [3.05, 3.63) is 35.4 Å². The van der Waals surface area contributed by atoms with Crippen LogP contribution in [0.4, 0.5) is 4.79 Å². The van der Waals surface area contributed by atoms with Crippen molar-refractivity contribution in [3.8, 4) is 0 Å². The average Bonchev–Trinajstić information content (AvgIpc) is 2.57. The lowest BCUT2D eigenvalue weighted by atomic mass is 9.94. The lowest BCUT2D eigenvalue weighted by Gasteiger charge is -2.26. The molecule has 0 radical (unpaired) electrons. The number of methoxy groups -OCH3 is 1. The van der Waals surface area contributed by atoms with E-state index >= 15 is 0 Å². The summed E-state index contributed by atoms with van der Waals surface area (Å²) in [5.41, 5.74) is 2.47. The number of unbranched alkanes of at least 4 members (excludes halogenated alkanes) is 1. The highest BCUT2D eigenvalue weighted by molar-refractivity contribution is 5.94. The molecule has 1 aromatic carbocycles. The Morgan fingerprint density at radius 3 is 2.25 bits per heavy atom. The molecule has 0 aromatic heterocycles. The van der Waals surface area contributed by atoms with Gasteiger partial charge >= 0.3 is 6.09 Å². The number of hydrogen-bond acceptors (Lipinski definition) is 4. The first-order chi connectivity index (χ1) is 11.4. The van der Waals surface area contributed by atoms with Crippen molar-refractivity contribution in [2.45, 2.75) is 59.0 Å². The first-order valence-corrected chi connectivity index (χ1v) is 8.62. The average molecular weight is 334 g/mol. The van der Waals surface area contributed by atoms with Crippen LogP contribution < -0.4 is 10.6 Å².